The van der Waals surface area contributed by atoms with Crippen molar-refractivity contribution in [2.24, 2.45) is 0 Å². The normalized spacial score (nSPS) is 17.4. The standard InChI is InChI=1S/C22H27FN2O2/c23-20-15-19(16-21-22(20)27-17-26-21)8-10-25-13-11-24(12-14-25)9-4-7-18-5-2-1-3-6-18/h1-3,5-6,15-16H,4,7-14,17H2. The average molecular weight is 370 g/mol. The summed E-state index contributed by atoms with van der Waals surface area (Å²) < 4.78 is 24.4. The molecule has 1 fully saturated rings. The molecule has 4 nitrogen and oxygen atoms in total. The molecule has 2 aliphatic heterocycles. The van der Waals surface area contributed by atoms with Crippen molar-refractivity contribution in [3.8, 4) is 11.5 Å². The van der Waals surface area contributed by atoms with E-state index < -0.39 is 0 Å². The first-order chi connectivity index (χ1) is 13.3. The monoisotopic (exact) mass is 370 g/mol. The minimum atomic E-state index is -0.316. The first-order valence-corrected chi connectivity index (χ1v) is 9.84. The van der Waals surface area contributed by atoms with E-state index >= 15 is 0 Å². The van der Waals surface area contributed by atoms with Gasteiger partial charge in [-0.05, 0) is 49.1 Å². The van der Waals surface area contributed by atoms with Crippen molar-refractivity contribution >= 4 is 0 Å². The molecule has 2 aromatic carbocycles. The summed E-state index contributed by atoms with van der Waals surface area (Å²) in [6, 6.07) is 14.2. The summed E-state index contributed by atoms with van der Waals surface area (Å²) >= 11 is 0. The smallest absolute Gasteiger partial charge is 0.231 e. The second-order valence-corrected chi connectivity index (χ2v) is 7.33. The third-order valence-corrected chi connectivity index (χ3v) is 5.45. The molecule has 0 N–H and O–H groups in total. The number of hydrogen-bond donors (Lipinski definition) is 0. The van der Waals surface area contributed by atoms with Crippen molar-refractivity contribution in [2.45, 2.75) is 19.3 Å². The van der Waals surface area contributed by atoms with Gasteiger partial charge in [-0.25, -0.2) is 4.39 Å². The average Bonchev–Trinajstić information content (AvgIpc) is 3.18. The fourth-order valence-corrected chi connectivity index (χ4v) is 3.84. The summed E-state index contributed by atoms with van der Waals surface area (Å²) in [7, 11) is 0. The van der Waals surface area contributed by atoms with Crippen LogP contribution < -0.4 is 9.47 Å². The lowest BCUT2D eigenvalue weighted by molar-refractivity contribution is 0.132. The Morgan fingerprint density at radius 1 is 0.815 bits per heavy atom. The van der Waals surface area contributed by atoms with E-state index in [1.165, 1.54) is 12.0 Å². The molecule has 144 valence electrons. The molecule has 1 saturated heterocycles. The topological polar surface area (TPSA) is 24.9 Å². The Morgan fingerprint density at radius 3 is 2.33 bits per heavy atom. The molecule has 0 atom stereocenters. The zero-order chi connectivity index (χ0) is 18.5. The van der Waals surface area contributed by atoms with E-state index in [0.29, 0.717) is 5.75 Å². The van der Waals surface area contributed by atoms with E-state index in [1.54, 1.807) is 6.07 Å². The van der Waals surface area contributed by atoms with Gasteiger partial charge in [0.25, 0.3) is 0 Å². The van der Waals surface area contributed by atoms with Gasteiger partial charge in [-0.2, -0.15) is 0 Å². The Morgan fingerprint density at radius 2 is 1.56 bits per heavy atom. The number of fused-ring (bicyclic) bond motifs is 1. The number of ether oxygens (including phenoxy) is 2. The van der Waals surface area contributed by atoms with Gasteiger partial charge in [-0.15, -0.1) is 0 Å². The molecular weight excluding hydrogens is 343 g/mol. The Balaban J connectivity index is 1.17. The summed E-state index contributed by atoms with van der Waals surface area (Å²) in [5.41, 5.74) is 2.40. The minimum Gasteiger partial charge on any atom is -0.453 e. The maximum absolute atomic E-state index is 14.0. The van der Waals surface area contributed by atoms with E-state index in [0.717, 1.165) is 57.7 Å². The second-order valence-electron chi connectivity index (χ2n) is 7.33. The number of benzene rings is 2. The number of halogens is 1. The first kappa shape index (κ1) is 18.3. The van der Waals surface area contributed by atoms with Crippen LogP contribution in [0, 0.1) is 5.82 Å². The van der Waals surface area contributed by atoms with E-state index in [1.807, 2.05) is 6.07 Å². The third kappa shape index (κ3) is 4.79. The van der Waals surface area contributed by atoms with Gasteiger partial charge in [-0.3, -0.25) is 0 Å². The lowest BCUT2D eigenvalue weighted by Gasteiger charge is -2.34. The van der Waals surface area contributed by atoms with Gasteiger partial charge in [0.05, 0.1) is 0 Å². The molecule has 0 radical (unpaired) electrons. The van der Waals surface area contributed by atoms with Crippen LogP contribution in [0.15, 0.2) is 42.5 Å². The fraction of sp³-hybridized carbons (Fsp3) is 0.455. The summed E-state index contributed by atoms with van der Waals surface area (Å²) in [4.78, 5) is 5.02. The van der Waals surface area contributed by atoms with Crippen LogP contribution in [-0.2, 0) is 12.8 Å². The van der Waals surface area contributed by atoms with E-state index in [-0.39, 0.29) is 18.4 Å². The van der Waals surface area contributed by atoms with Gasteiger partial charge in [0.1, 0.15) is 0 Å². The predicted octanol–water partition coefficient (Wildman–Crippen LogP) is 3.35. The molecule has 2 aliphatic rings. The van der Waals surface area contributed by atoms with Crippen molar-refractivity contribution in [2.75, 3.05) is 46.1 Å². The highest BCUT2D eigenvalue weighted by Gasteiger charge is 2.20. The highest BCUT2D eigenvalue weighted by molar-refractivity contribution is 5.45. The Kier molecular flexibility index (Phi) is 5.90. The summed E-state index contributed by atoms with van der Waals surface area (Å²) in [6.45, 7) is 6.63. The molecule has 0 saturated carbocycles. The molecule has 2 aromatic rings. The largest absolute Gasteiger partial charge is 0.453 e. The molecule has 0 spiro atoms. The molecule has 27 heavy (non-hydrogen) atoms. The van der Waals surface area contributed by atoms with Crippen molar-refractivity contribution in [1.82, 2.24) is 9.80 Å². The molecule has 0 amide bonds. The number of nitrogens with zero attached hydrogens (tertiary/aromatic N) is 2. The zero-order valence-electron chi connectivity index (χ0n) is 15.7. The Hall–Kier alpha value is -2.11. The highest BCUT2D eigenvalue weighted by Crippen LogP contribution is 2.35. The molecule has 4 rings (SSSR count). The minimum absolute atomic E-state index is 0.113. The summed E-state index contributed by atoms with van der Waals surface area (Å²) in [5.74, 6) is 0.472. The predicted molar refractivity (Wildman–Crippen MR) is 104 cm³/mol. The molecule has 0 aliphatic carbocycles. The van der Waals surface area contributed by atoms with Gasteiger partial charge in [0.2, 0.25) is 12.5 Å². The van der Waals surface area contributed by atoms with E-state index in [2.05, 4.69) is 40.1 Å². The van der Waals surface area contributed by atoms with Crippen LogP contribution in [0.25, 0.3) is 0 Å². The summed E-state index contributed by atoms with van der Waals surface area (Å²) in [5, 5.41) is 0. The maximum atomic E-state index is 14.0. The third-order valence-electron chi connectivity index (χ3n) is 5.45. The SMILES string of the molecule is Fc1cc(CCN2CCN(CCCc3ccccc3)CC2)cc2c1OCO2. The first-order valence-electron chi connectivity index (χ1n) is 9.84. The van der Waals surface area contributed by atoms with Gasteiger partial charge in [-0.1, -0.05) is 30.3 Å². The van der Waals surface area contributed by atoms with Gasteiger partial charge < -0.3 is 19.3 Å². The molecular formula is C22H27FN2O2. The Bertz CT molecular complexity index is 745. The Labute approximate surface area is 160 Å². The van der Waals surface area contributed by atoms with E-state index in [4.69, 9.17) is 9.47 Å². The van der Waals surface area contributed by atoms with Crippen molar-refractivity contribution in [3.05, 3.63) is 59.4 Å². The lowest BCUT2D eigenvalue weighted by atomic mass is 10.1. The molecule has 0 aromatic heterocycles. The van der Waals surface area contributed by atoms with Crippen molar-refractivity contribution in [1.29, 1.82) is 0 Å². The zero-order valence-corrected chi connectivity index (χ0v) is 15.7. The second kappa shape index (κ2) is 8.72. The van der Waals surface area contributed by atoms with Crippen molar-refractivity contribution < 1.29 is 13.9 Å². The van der Waals surface area contributed by atoms with Gasteiger partial charge >= 0.3 is 0 Å². The van der Waals surface area contributed by atoms with Crippen molar-refractivity contribution in [3.63, 3.8) is 0 Å². The maximum Gasteiger partial charge on any atom is 0.231 e. The number of hydrogen-bond acceptors (Lipinski definition) is 4. The van der Waals surface area contributed by atoms with Crippen LogP contribution in [0.1, 0.15) is 17.5 Å². The highest BCUT2D eigenvalue weighted by atomic mass is 19.1. The van der Waals surface area contributed by atoms with Crippen LogP contribution in [0.2, 0.25) is 0 Å². The number of rotatable bonds is 7. The van der Waals surface area contributed by atoms with Crippen LogP contribution in [0.4, 0.5) is 4.39 Å². The molecule has 2 heterocycles. The van der Waals surface area contributed by atoms with E-state index in [9.17, 15) is 4.39 Å². The van der Waals surface area contributed by atoms with Crippen LogP contribution in [0.3, 0.4) is 0 Å². The van der Waals surface area contributed by atoms with Crippen LogP contribution >= 0.6 is 0 Å². The molecule has 0 unspecified atom stereocenters. The van der Waals surface area contributed by atoms with Crippen LogP contribution in [0.5, 0.6) is 11.5 Å². The van der Waals surface area contributed by atoms with Gasteiger partial charge in [0.15, 0.2) is 11.6 Å². The lowest BCUT2D eigenvalue weighted by Crippen LogP contribution is -2.47. The number of piperazine rings is 1. The quantitative estimate of drug-likeness (QED) is 0.746. The van der Waals surface area contributed by atoms with Gasteiger partial charge in [0, 0.05) is 32.7 Å². The fourth-order valence-electron chi connectivity index (χ4n) is 3.84. The number of aryl methyl sites for hydroxylation is 1. The molecule has 5 heteroatoms. The summed E-state index contributed by atoms with van der Waals surface area (Å²) in [6.07, 6.45) is 3.19. The van der Waals surface area contributed by atoms with Crippen LogP contribution in [-0.4, -0.2) is 55.9 Å². The molecule has 0 bridgehead atoms.